The van der Waals surface area contributed by atoms with Crippen LogP contribution in [0.25, 0.3) is 0 Å². The normalized spacial score (nSPS) is 32.0. The second-order valence-corrected chi connectivity index (χ2v) is 8.96. The first-order valence-corrected chi connectivity index (χ1v) is 10.5. The van der Waals surface area contributed by atoms with Crippen LogP contribution in [-0.4, -0.2) is 45.4 Å². The first kappa shape index (κ1) is 17.4. The van der Waals surface area contributed by atoms with Crippen LogP contribution >= 0.6 is 35.2 Å². The van der Waals surface area contributed by atoms with Crippen molar-refractivity contribution < 1.29 is 14.6 Å². The number of hydrogen-bond acceptors (Lipinski definition) is 5. The van der Waals surface area contributed by atoms with Gasteiger partial charge in [-0.15, -0.1) is 11.3 Å². The number of ether oxygens (including phenoxy) is 1. The number of aliphatic hydroxyl groups excluding tert-OH is 1. The fourth-order valence-electron chi connectivity index (χ4n) is 4.51. The molecule has 3 saturated heterocycles. The number of benzene rings is 1. The van der Waals surface area contributed by atoms with Gasteiger partial charge in [0.15, 0.2) is 5.11 Å². The predicted molar refractivity (Wildman–Crippen MR) is 108 cm³/mol. The number of halogens is 1. The molecule has 4 heterocycles. The minimum atomic E-state index is -0.659. The third kappa shape index (κ3) is 2.68. The van der Waals surface area contributed by atoms with Crippen LogP contribution in [-0.2, 0) is 16.1 Å². The quantitative estimate of drug-likeness (QED) is 0.608. The standard InChI is InChI=1S/C19H17ClN2O3S2/c20-10-3-5-11(6-4-10)22-15-13-8-14(23)17(25-18(13)24)16(15)21(19(22)26)9-12-2-1-7-27-12/h1-7,13-17,23H,8-9H2/t13-,14+,15+,16-,17-/m0/s1. The van der Waals surface area contributed by atoms with E-state index in [1.165, 1.54) is 4.88 Å². The molecule has 1 aromatic carbocycles. The van der Waals surface area contributed by atoms with Crippen LogP contribution in [0.5, 0.6) is 0 Å². The van der Waals surface area contributed by atoms with E-state index in [0.717, 1.165) is 5.69 Å². The Balaban J connectivity index is 1.58. The molecule has 0 unspecified atom stereocenters. The molecule has 1 aliphatic carbocycles. The van der Waals surface area contributed by atoms with Crippen molar-refractivity contribution in [3.05, 3.63) is 51.7 Å². The summed E-state index contributed by atoms with van der Waals surface area (Å²) in [5, 5.41) is 13.8. The van der Waals surface area contributed by atoms with Crippen molar-refractivity contribution in [3.63, 3.8) is 0 Å². The van der Waals surface area contributed by atoms with Crippen LogP contribution in [0.2, 0.25) is 5.02 Å². The van der Waals surface area contributed by atoms with Crippen LogP contribution in [0.4, 0.5) is 5.69 Å². The first-order valence-electron chi connectivity index (χ1n) is 8.81. The second kappa shape index (κ2) is 6.44. The van der Waals surface area contributed by atoms with E-state index < -0.39 is 18.1 Å². The molecule has 2 bridgehead atoms. The molecule has 0 spiro atoms. The number of nitrogens with zero attached hydrogens (tertiary/aromatic N) is 2. The lowest BCUT2D eigenvalue weighted by molar-refractivity contribution is -0.194. The minimum absolute atomic E-state index is 0.145. The van der Waals surface area contributed by atoms with Crippen LogP contribution in [0, 0.1) is 5.92 Å². The van der Waals surface area contributed by atoms with Crippen molar-refractivity contribution in [1.82, 2.24) is 4.90 Å². The lowest BCUT2D eigenvalue weighted by Gasteiger charge is -2.49. The average Bonchev–Trinajstić information content (AvgIpc) is 3.25. The molecule has 4 aliphatic rings. The molecule has 3 aliphatic heterocycles. The van der Waals surface area contributed by atoms with E-state index in [2.05, 4.69) is 11.0 Å². The Hall–Kier alpha value is -1.67. The van der Waals surface area contributed by atoms with Crippen molar-refractivity contribution in [3.8, 4) is 0 Å². The summed E-state index contributed by atoms with van der Waals surface area (Å²) in [5.74, 6) is -0.650. The fraction of sp³-hybridized carbons (Fsp3) is 0.368. The summed E-state index contributed by atoms with van der Waals surface area (Å²) in [6.45, 7) is 0.634. The molecule has 2 aromatic rings. The Morgan fingerprint density at radius 2 is 2.04 bits per heavy atom. The number of rotatable bonds is 3. The highest BCUT2D eigenvalue weighted by atomic mass is 35.5. The monoisotopic (exact) mass is 420 g/mol. The zero-order valence-corrected chi connectivity index (χ0v) is 16.6. The molecular weight excluding hydrogens is 404 g/mol. The van der Waals surface area contributed by atoms with Gasteiger partial charge >= 0.3 is 5.97 Å². The molecule has 5 atom stereocenters. The molecule has 6 rings (SSSR count). The van der Waals surface area contributed by atoms with Gasteiger partial charge in [-0.05, 0) is 54.4 Å². The van der Waals surface area contributed by atoms with Crippen molar-refractivity contribution >= 4 is 51.9 Å². The van der Waals surface area contributed by atoms with Crippen molar-refractivity contribution in [2.45, 2.75) is 37.3 Å². The minimum Gasteiger partial charge on any atom is -0.457 e. The number of aliphatic hydroxyl groups is 1. The zero-order valence-electron chi connectivity index (χ0n) is 14.2. The van der Waals surface area contributed by atoms with E-state index in [0.29, 0.717) is 23.1 Å². The fourth-order valence-corrected chi connectivity index (χ4v) is 5.76. The number of thiophene rings is 1. The molecule has 5 nitrogen and oxygen atoms in total. The topological polar surface area (TPSA) is 53.0 Å². The van der Waals surface area contributed by atoms with Crippen molar-refractivity contribution in [2.75, 3.05) is 4.90 Å². The maximum absolute atomic E-state index is 12.5. The molecule has 27 heavy (non-hydrogen) atoms. The number of anilines is 1. The van der Waals surface area contributed by atoms with E-state index in [9.17, 15) is 9.90 Å². The van der Waals surface area contributed by atoms with Gasteiger partial charge in [-0.1, -0.05) is 17.7 Å². The Bertz CT molecular complexity index is 889. The second-order valence-electron chi connectivity index (χ2n) is 7.13. The van der Waals surface area contributed by atoms with Crippen molar-refractivity contribution in [1.29, 1.82) is 0 Å². The Morgan fingerprint density at radius 3 is 2.74 bits per heavy atom. The number of thiocarbonyl (C=S) groups is 1. The Labute approximate surface area is 171 Å². The van der Waals surface area contributed by atoms with Gasteiger partial charge in [0.2, 0.25) is 0 Å². The summed E-state index contributed by atoms with van der Waals surface area (Å²) in [7, 11) is 0. The molecular formula is C19H17ClN2O3S2. The molecule has 0 amide bonds. The van der Waals surface area contributed by atoms with Crippen LogP contribution in [0.15, 0.2) is 41.8 Å². The predicted octanol–water partition coefficient (Wildman–Crippen LogP) is 3.05. The number of hydrogen-bond donors (Lipinski definition) is 1. The first-order chi connectivity index (χ1) is 13.0. The highest BCUT2D eigenvalue weighted by Gasteiger charge is 2.62. The smallest absolute Gasteiger partial charge is 0.311 e. The summed E-state index contributed by atoms with van der Waals surface area (Å²) in [6.07, 6.45) is -0.819. The maximum Gasteiger partial charge on any atom is 0.311 e. The van der Waals surface area contributed by atoms with Gasteiger partial charge < -0.3 is 19.6 Å². The molecule has 1 aromatic heterocycles. The van der Waals surface area contributed by atoms with Gasteiger partial charge in [-0.25, -0.2) is 0 Å². The highest BCUT2D eigenvalue weighted by Crippen LogP contribution is 2.46. The summed E-state index contributed by atoms with van der Waals surface area (Å²) in [5.41, 5.74) is 0.905. The van der Waals surface area contributed by atoms with Gasteiger partial charge in [0.25, 0.3) is 0 Å². The van der Waals surface area contributed by atoms with E-state index in [4.69, 9.17) is 28.6 Å². The molecule has 0 radical (unpaired) electrons. The summed E-state index contributed by atoms with van der Waals surface area (Å²) >= 11 is 13.6. The molecule has 1 N–H and O–H groups in total. The third-order valence-corrected chi connectivity index (χ3v) is 7.19. The summed E-state index contributed by atoms with van der Waals surface area (Å²) < 4.78 is 5.58. The maximum atomic E-state index is 12.5. The lowest BCUT2D eigenvalue weighted by Crippen LogP contribution is -2.66. The van der Waals surface area contributed by atoms with Gasteiger partial charge in [0.05, 0.1) is 30.7 Å². The SMILES string of the molecule is O=C1O[C@@H]2[C@@H]3[C@@H]([C@@H]1C[C@H]2O)N(c1ccc(Cl)cc1)C(=S)N3Cc1cccs1. The molecule has 8 heteroatoms. The largest absolute Gasteiger partial charge is 0.457 e. The Kier molecular flexibility index (Phi) is 4.16. The summed E-state index contributed by atoms with van der Waals surface area (Å²) in [6, 6.07) is 11.3. The third-order valence-electron chi connectivity index (χ3n) is 5.65. The van der Waals surface area contributed by atoms with E-state index >= 15 is 0 Å². The Morgan fingerprint density at radius 1 is 1.26 bits per heavy atom. The average molecular weight is 421 g/mol. The number of carbonyl (C=O) groups is 1. The number of fused-ring (bicyclic) bond motifs is 2. The zero-order chi connectivity index (χ0) is 18.7. The van der Waals surface area contributed by atoms with Crippen LogP contribution in [0.1, 0.15) is 11.3 Å². The lowest BCUT2D eigenvalue weighted by atomic mass is 9.74. The molecule has 1 saturated carbocycles. The van der Waals surface area contributed by atoms with E-state index in [-0.39, 0.29) is 18.1 Å². The summed E-state index contributed by atoms with van der Waals surface area (Å²) in [4.78, 5) is 17.8. The van der Waals surface area contributed by atoms with Crippen LogP contribution < -0.4 is 4.90 Å². The van der Waals surface area contributed by atoms with Gasteiger partial charge in [-0.2, -0.15) is 0 Å². The van der Waals surface area contributed by atoms with Gasteiger partial charge in [0.1, 0.15) is 6.10 Å². The van der Waals surface area contributed by atoms with Crippen LogP contribution in [0.3, 0.4) is 0 Å². The number of esters is 1. The van der Waals surface area contributed by atoms with E-state index in [1.54, 1.807) is 11.3 Å². The van der Waals surface area contributed by atoms with E-state index in [1.807, 2.05) is 40.6 Å². The van der Waals surface area contributed by atoms with Gasteiger partial charge in [0, 0.05) is 15.6 Å². The number of carbonyl (C=O) groups excluding carboxylic acids is 1. The molecule has 4 fully saturated rings. The molecule has 140 valence electrons. The van der Waals surface area contributed by atoms with Gasteiger partial charge in [-0.3, -0.25) is 4.79 Å². The van der Waals surface area contributed by atoms with Crippen molar-refractivity contribution in [2.24, 2.45) is 5.92 Å². The highest BCUT2D eigenvalue weighted by molar-refractivity contribution is 7.80.